The number of aryl methyl sites for hydroxylation is 1. The van der Waals surface area contributed by atoms with Crippen molar-refractivity contribution in [3.8, 4) is 0 Å². The number of esters is 1. The van der Waals surface area contributed by atoms with Gasteiger partial charge in [-0.15, -0.1) is 0 Å². The summed E-state index contributed by atoms with van der Waals surface area (Å²) in [6.45, 7) is 2.10. The zero-order chi connectivity index (χ0) is 13.8. The van der Waals surface area contributed by atoms with Crippen LogP contribution in [0.3, 0.4) is 0 Å². The third kappa shape index (κ3) is 3.45. The summed E-state index contributed by atoms with van der Waals surface area (Å²) in [4.78, 5) is 15.9. The number of nitrogens with zero attached hydrogens (tertiary/aromatic N) is 1. The van der Waals surface area contributed by atoms with Gasteiger partial charge in [-0.25, -0.2) is 4.79 Å². The Morgan fingerprint density at radius 3 is 2.84 bits per heavy atom. The maximum absolute atomic E-state index is 11.8. The predicted molar refractivity (Wildman–Crippen MR) is 74.0 cm³/mol. The fraction of sp³-hybridized carbons (Fsp3) is 0.143. The predicted octanol–water partition coefficient (Wildman–Crippen LogP) is 2.98. The molecule has 2 aromatic rings. The lowest BCUT2D eigenvalue weighted by atomic mass is 10.2. The SMILES string of the molecule is Cc1cncc(COC(=O)c2ccc(N)c(Cl)c2)c1. The summed E-state index contributed by atoms with van der Waals surface area (Å²) in [6.07, 6.45) is 3.40. The van der Waals surface area contributed by atoms with Crippen LogP contribution in [-0.2, 0) is 11.3 Å². The average Bonchev–Trinajstić information content (AvgIpc) is 2.39. The van der Waals surface area contributed by atoms with Gasteiger partial charge in [-0.3, -0.25) is 4.98 Å². The first kappa shape index (κ1) is 13.4. The van der Waals surface area contributed by atoms with E-state index in [9.17, 15) is 4.79 Å². The largest absolute Gasteiger partial charge is 0.457 e. The lowest BCUT2D eigenvalue weighted by molar-refractivity contribution is 0.0472. The number of aromatic nitrogens is 1. The number of anilines is 1. The van der Waals surface area contributed by atoms with Crippen molar-refractivity contribution < 1.29 is 9.53 Å². The average molecular weight is 277 g/mol. The Morgan fingerprint density at radius 1 is 1.37 bits per heavy atom. The molecule has 19 heavy (non-hydrogen) atoms. The minimum absolute atomic E-state index is 0.176. The molecule has 0 aliphatic carbocycles. The number of carbonyl (C=O) groups is 1. The summed E-state index contributed by atoms with van der Waals surface area (Å²) in [5.41, 5.74) is 8.24. The molecule has 0 spiro atoms. The van der Waals surface area contributed by atoms with Crippen LogP contribution in [0, 0.1) is 6.92 Å². The second-order valence-electron chi connectivity index (χ2n) is 4.18. The van der Waals surface area contributed by atoms with E-state index in [0.29, 0.717) is 16.3 Å². The van der Waals surface area contributed by atoms with Gasteiger partial charge in [0.1, 0.15) is 6.61 Å². The molecule has 98 valence electrons. The van der Waals surface area contributed by atoms with Gasteiger partial charge in [0, 0.05) is 18.0 Å². The molecule has 0 fully saturated rings. The molecule has 0 aliphatic heterocycles. The molecular formula is C14H13ClN2O2. The normalized spacial score (nSPS) is 10.2. The molecule has 2 N–H and O–H groups in total. The first-order valence-electron chi connectivity index (χ1n) is 5.69. The molecule has 5 heteroatoms. The number of hydrogen-bond donors (Lipinski definition) is 1. The fourth-order valence-electron chi connectivity index (χ4n) is 1.58. The van der Waals surface area contributed by atoms with E-state index in [4.69, 9.17) is 22.1 Å². The Hall–Kier alpha value is -2.07. The molecule has 1 aromatic heterocycles. The summed E-state index contributed by atoms with van der Waals surface area (Å²) in [6, 6.07) is 6.56. The number of benzene rings is 1. The number of halogens is 1. The van der Waals surface area contributed by atoms with Gasteiger partial charge in [0.15, 0.2) is 0 Å². The molecular weight excluding hydrogens is 264 g/mol. The van der Waals surface area contributed by atoms with E-state index in [1.54, 1.807) is 24.5 Å². The van der Waals surface area contributed by atoms with Gasteiger partial charge < -0.3 is 10.5 Å². The van der Waals surface area contributed by atoms with Crippen molar-refractivity contribution >= 4 is 23.3 Å². The Kier molecular flexibility index (Phi) is 4.02. The van der Waals surface area contributed by atoms with E-state index in [0.717, 1.165) is 11.1 Å². The zero-order valence-corrected chi connectivity index (χ0v) is 11.1. The van der Waals surface area contributed by atoms with Crippen LogP contribution in [0.1, 0.15) is 21.5 Å². The minimum atomic E-state index is -0.441. The topological polar surface area (TPSA) is 65.2 Å². The van der Waals surface area contributed by atoms with E-state index in [2.05, 4.69) is 4.98 Å². The second-order valence-corrected chi connectivity index (χ2v) is 4.59. The van der Waals surface area contributed by atoms with Crippen molar-refractivity contribution in [2.75, 3.05) is 5.73 Å². The maximum atomic E-state index is 11.8. The van der Waals surface area contributed by atoms with E-state index in [1.807, 2.05) is 13.0 Å². The standard InChI is InChI=1S/C14H13ClN2O2/c1-9-4-10(7-17-6-9)8-19-14(18)11-2-3-13(16)12(15)5-11/h2-7H,8,16H2,1H3. The summed E-state index contributed by atoms with van der Waals surface area (Å²) >= 11 is 5.85. The van der Waals surface area contributed by atoms with Gasteiger partial charge in [0.25, 0.3) is 0 Å². The van der Waals surface area contributed by atoms with Gasteiger partial charge >= 0.3 is 5.97 Å². The van der Waals surface area contributed by atoms with Gasteiger partial charge in [-0.1, -0.05) is 11.6 Å². The van der Waals surface area contributed by atoms with E-state index >= 15 is 0 Å². The highest BCUT2D eigenvalue weighted by Crippen LogP contribution is 2.20. The number of rotatable bonds is 3. The fourth-order valence-corrected chi connectivity index (χ4v) is 1.76. The minimum Gasteiger partial charge on any atom is -0.457 e. The van der Waals surface area contributed by atoms with Crippen LogP contribution in [0.2, 0.25) is 5.02 Å². The van der Waals surface area contributed by atoms with Gasteiger partial charge in [-0.05, 0) is 36.8 Å². The highest BCUT2D eigenvalue weighted by atomic mass is 35.5. The monoisotopic (exact) mass is 276 g/mol. The molecule has 4 nitrogen and oxygen atoms in total. The molecule has 0 atom stereocenters. The lowest BCUT2D eigenvalue weighted by Crippen LogP contribution is -2.06. The highest BCUT2D eigenvalue weighted by molar-refractivity contribution is 6.33. The molecule has 1 heterocycles. The van der Waals surface area contributed by atoms with Crippen molar-refractivity contribution in [3.05, 3.63) is 58.4 Å². The Balaban J connectivity index is 2.03. The van der Waals surface area contributed by atoms with Crippen molar-refractivity contribution in [2.24, 2.45) is 0 Å². The van der Waals surface area contributed by atoms with Gasteiger partial charge in [0.2, 0.25) is 0 Å². The lowest BCUT2D eigenvalue weighted by Gasteiger charge is -2.06. The third-order valence-electron chi connectivity index (χ3n) is 2.54. The van der Waals surface area contributed by atoms with Gasteiger partial charge in [0.05, 0.1) is 16.3 Å². The van der Waals surface area contributed by atoms with Crippen molar-refractivity contribution in [3.63, 3.8) is 0 Å². The van der Waals surface area contributed by atoms with Crippen molar-refractivity contribution in [1.29, 1.82) is 0 Å². The van der Waals surface area contributed by atoms with Crippen LogP contribution >= 0.6 is 11.6 Å². The number of nitrogens with two attached hydrogens (primary N) is 1. The van der Waals surface area contributed by atoms with Gasteiger partial charge in [-0.2, -0.15) is 0 Å². The van der Waals surface area contributed by atoms with Crippen molar-refractivity contribution in [1.82, 2.24) is 4.98 Å². The number of ether oxygens (including phenoxy) is 1. The first-order chi connectivity index (χ1) is 9.06. The Bertz CT molecular complexity index is 614. The molecule has 0 saturated carbocycles. The quantitative estimate of drug-likeness (QED) is 0.691. The van der Waals surface area contributed by atoms with Crippen molar-refractivity contribution in [2.45, 2.75) is 13.5 Å². The Labute approximate surface area is 116 Å². The number of hydrogen-bond acceptors (Lipinski definition) is 4. The van der Waals surface area contributed by atoms with Crippen LogP contribution in [0.25, 0.3) is 0 Å². The second kappa shape index (κ2) is 5.71. The molecule has 1 aromatic carbocycles. The third-order valence-corrected chi connectivity index (χ3v) is 2.87. The molecule has 0 bridgehead atoms. The van der Waals surface area contributed by atoms with E-state index in [-0.39, 0.29) is 6.61 Å². The summed E-state index contributed by atoms with van der Waals surface area (Å²) < 4.78 is 5.19. The molecule has 0 aliphatic rings. The number of pyridine rings is 1. The highest BCUT2D eigenvalue weighted by Gasteiger charge is 2.09. The molecule has 0 radical (unpaired) electrons. The van der Waals surface area contributed by atoms with Crippen LogP contribution in [0.15, 0.2) is 36.7 Å². The molecule has 2 rings (SSSR count). The van der Waals surface area contributed by atoms with Crippen LogP contribution in [0.5, 0.6) is 0 Å². The summed E-state index contributed by atoms with van der Waals surface area (Å²) in [5.74, 6) is -0.441. The van der Waals surface area contributed by atoms with Crippen LogP contribution in [0.4, 0.5) is 5.69 Å². The molecule has 0 amide bonds. The smallest absolute Gasteiger partial charge is 0.338 e. The number of carbonyl (C=O) groups excluding carboxylic acids is 1. The van der Waals surface area contributed by atoms with E-state index < -0.39 is 5.97 Å². The molecule has 0 saturated heterocycles. The maximum Gasteiger partial charge on any atom is 0.338 e. The zero-order valence-electron chi connectivity index (χ0n) is 10.4. The van der Waals surface area contributed by atoms with Crippen LogP contribution in [-0.4, -0.2) is 11.0 Å². The Morgan fingerprint density at radius 2 is 2.16 bits per heavy atom. The summed E-state index contributed by atoms with van der Waals surface area (Å²) in [5, 5.41) is 0.340. The molecule has 0 unspecified atom stereocenters. The number of nitrogen functional groups attached to an aromatic ring is 1. The summed E-state index contributed by atoms with van der Waals surface area (Å²) in [7, 11) is 0. The first-order valence-corrected chi connectivity index (χ1v) is 6.07. The van der Waals surface area contributed by atoms with E-state index in [1.165, 1.54) is 6.07 Å². The van der Waals surface area contributed by atoms with Crippen LogP contribution < -0.4 is 5.73 Å².